The number of rotatable bonds is 5. The number of imidazole rings is 1. The van der Waals surface area contributed by atoms with Crippen LogP contribution in [0.5, 0.6) is 0 Å². The summed E-state index contributed by atoms with van der Waals surface area (Å²) in [4.78, 5) is 18.6. The molecular weight excluding hydrogens is 332 g/mol. The van der Waals surface area contributed by atoms with Crippen molar-refractivity contribution in [3.63, 3.8) is 0 Å². The van der Waals surface area contributed by atoms with E-state index in [1.165, 1.54) is 0 Å². The molecule has 0 radical (unpaired) electrons. The molecule has 1 amide bonds. The number of nitrogens with zero attached hydrogens (tertiary/aromatic N) is 5. The maximum atomic E-state index is 12.5. The number of piperidine rings is 1. The molecule has 0 aromatic carbocycles. The third-order valence-electron chi connectivity index (χ3n) is 4.54. The van der Waals surface area contributed by atoms with E-state index < -0.39 is 0 Å². The summed E-state index contributed by atoms with van der Waals surface area (Å²) in [5.41, 5.74) is 0. The second kappa shape index (κ2) is 7.38. The Labute approximate surface area is 150 Å². The van der Waals surface area contributed by atoms with E-state index in [4.69, 9.17) is 4.42 Å². The smallest absolute Gasteiger partial charge is 0.225 e. The van der Waals surface area contributed by atoms with E-state index in [1.807, 2.05) is 30.5 Å². The van der Waals surface area contributed by atoms with E-state index in [9.17, 15) is 4.79 Å². The molecule has 4 heterocycles. The van der Waals surface area contributed by atoms with Gasteiger partial charge in [-0.25, -0.2) is 4.98 Å². The summed E-state index contributed by atoms with van der Waals surface area (Å²) in [5.74, 6) is 2.25. The maximum Gasteiger partial charge on any atom is 0.225 e. The topological polar surface area (TPSA) is 89.1 Å². The molecule has 0 aliphatic carbocycles. The van der Waals surface area contributed by atoms with Gasteiger partial charge in [0.25, 0.3) is 0 Å². The molecule has 1 fully saturated rings. The Hall–Kier alpha value is -3.16. The van der Waals surface area contributed by atoms with E-state index in [-0.39, 0.29) is 11.8 Å². The molecule has 26 heavy (non-hydrogen) atoms. The molecule has 3 aromatic heterocycles. The summed E-state index contributed by atoms with van der Waals surface area (Å²) in [7, 11) is 0. The number of hydrogen-bond donors (Lipinski definition) is 1. The highest BCUT2D eigenvalue weighted by atomic mass is 16.3. The number of amides is 1. The third kappa shape index (κ3) is 3.58. The molecule has 8 nitrogen and oxygen atoms in total. The molecule has 0 saturated carbocycles. The van der Waals surface area contributed by atoms with Crippen molar-refractivity contribution >= 4 is 11.7 Å². The first-order chi connectivity index (χ1) is 12.8. The van der Waals surface area contributed by atoms with E-state index in [1.54, 1.807) is 23.4 Å². The fraction of sp³-hybridized carbons (Fsp3) is 0.333. The van der Waals surface area contributed by atoms with E-state index in [0.29, 0.717) is 13.1 Å². The van der Waals surface area contributed by atoms with Crippen LogP contribution in [0.3, 0.4) is 0 Å². The largest absolute Gasteiger partial charge is 0.467 e. The molecule has 4 rings (SSSR count). The number of carbonyl (C=O) groups is 1. The summed E-state index contributed by atoms with van der Waals surface area (Å²) in [6.07, 6.45) is 8.64. The van der Waals surface area contributed by atoms with Crippen LogP contribution in [-0.2, 0) is 11.3 Å². The minimum absolute atomic E-state index is 0.0501. The molecule has 0 spiro atoms. The van der Waals surface area contributed by atoms with Crippen molar-refractivity contribution in [3.8, 4) is 5.82 Å². The highest BCUT2D eigenvalue weighted by molar-refractivity contribution is 5.79. The Balaban J connectivity index is 1.37. The van der Waals surface area contributed by atoms with Crippen molar-refractivity contribution in [1.82, 2.24) is 25.1 Å². The molecule has 1 N–H and O–H groups in total. The lowest BCUT2D eigenvalue weighted by Gasteiger charge is -2.32. The summed E-state index contributed by atoms with van der Waals surface area (Å²) < 4.78 is 7.06. The Bertz CT molecular complexity index is 829. The Morgan fingerprint density at radius 1 is 1.27 bits per heavy atom. The van der Waals surface area contributed by atoms with Gasteiger partial charge in [0.1, 0.15) is 12.1 Å². The normalized spacial score (nSPS) is 17.2. The first-order valence-electron chi connectivity index (χ1n) is 8.67. The number of anilines is 1. The number of hydrogen-bond acceptors (Lipinski definition) is 6. The highest BCUT2D eigenvalue weighted by Crippen LogP contribution is 2.22. The van der Waals surface area contributed by atoms with Crippen molar-refractivity contribution in [1.29, 1.82) is 0 Å². The van der Waals surface area contributed by atoms with Gasteiger partial charge in [0.05, 0.1) is 18.7 Å². The van der Waals surface area contributed by atoms with Crippen LogP contribution in [-0.4, -0.2) is 38.7 Å². The van der Waals surface area contributed by atoms with Gasteiger partial charge in [-0.15, -0.1) is 10.2 Å². The van der Waals surface area contributed by atoms with Crippen LogP contribution >= 0.6 is 0 Å². The first kappa shape index (κ1) is 16.3. The molecule has 1 aliphatic rings. The lowest BCUT2D eigenvalue weighted by Crippen LogP contribution is -2.43. The highest BCUT2D eigenvalue weighted by Gasteiger charge is 2.26. The minimum Gasteiger partial charge on any atom is -0.467 e. The summed E-state index contributed by atoms with van der Waals surface area (Å²) in [6.45, 7) is 1.94. The van der Waals surface area contributed by atoms with Crippen LogP contribution in [0.25, 0.3) is 5.82 Å². The standard InChI is InChI=1S/C18H20N6O2/c25-18(20-11-15-4-2-10-26-15)14-3-1-8-23(12-14)16-5-6-17(22-21-16)24-9-7-19-13-24/h2,4-7,9-10,13-14H,1,3,8,11-12H2,(H,20,25)/t14-/m1/s1. The minimum atomic E-state index is -0.0613. The van der Waals surface area contributed by atoms with E-state index >= 15 is 0 Å². The summed E-state index contributed by atoms with van der Waals surface area (Å²) in [5, 5.41) is 11.5. The number of furan rings is 1. The second-order valence-electron chi connectivity index (χ2n) is 6.30. The van der Waals surface area contributed by atoms with Crippen molar-refractivity contribution < 1.29 is 9.21 Å². The zero-order valence-corrected chi connectivity index (χ0v) is 14.3. The number of aromatic nitrogens is 4. The molecule has 0 bridgehead atoms. The monoisotopic (exact) mass is 352 g/mol. The van der Waals surface area contributed by atoms with Gasteiger partial charge >= 0.3 is 0 Å². The second-order valence-corrected chi connectivity index (χ2v) is 6.30. The van der Waals surface area contributed by atoms with E-state index in [2.05, 4.69) is 25.4 Å². The van der Waals surface area contributed by atoms with E-state index in [0.717, 1.165) is 36.8 Å². The predicted molar refractivity (Wildman–Crippen MR) is 94.6 cm³/mol. The van der Waals surface area contributed by atoms with Gasteiger partial charge in [0.2, 0.25) is 5.91 Å². The maximum absolute atomic E-state index is 12.5. The fourth-order valence-electron chi connectivity index (χ4n) is 3.15. The van der Waals surface area contributed by atoms with Crippen LogP contribution in [0.2, 0.25) is 0 Å². The van der Waals surface area contributed by atoms with Gasteiger partial charge in [-0.2, -0.15) is 0 Å². The third-order valence-corrected chi connectivity index (χ3v) is 4.54. The van der Waals surface area contributed by atoms with Crippen molar-refractivity contribution in [3.05, 3.63) is 55.0 Å². The van der Waals surface area contributed by atoms with Crippen LogP contribution in [0.1, 0.15) is 18.6 Å². The average molecular weight is 352 g/mol. The molecule has 134 valence electrons. The quantitative estimate of drug-likeness (QED) is 0.753. The van der Waals surface area contributed by atoms with Gasteiger partial charge in [-0.05, 0) is 37.1 Å². The number of nitrogens with one attached hydrogen (secondary N) is 1. The molecular formula is C18H20N6O2. The molecule has 8 heteroatoms. The lowest BCUT2D eigenvalue weighted by molar-refractivity contribution is -0.125. The van der Waals surface area contributed by atoms with Crippen LogP contribution in [0.15, 0.2) is 53.7 Å². The molecule has 3 aromatic rings. The van der Waals surface area contributed by atoms with Gasteiger partial charge < -0.3 is 14.6 Å². The first-order valence-corrected chi connectivity index (χ1v) is 8.67. The molecule has 1 saturated heterocycles. The van der Waals surface area contributed by atoms with Crippen LogP contribution < -0.4 is 10.2 Å². The van der Waals surface area contributed by atoms with Gasteiger partial charge in [0.15, 0.2) is 11.6 Å². The molecule has 1 aliphatic heterocycles. The summed E-state index contributed by atoms with van der Waals surface area (Å²) in [6, 6.07) is 7.51. The average Bonchev–Trinajstić information content (AvgIpc) is 3.40. The fourth-order valence-corrected chi connectivity index (χ4v) is 3.15. The van der Waals surface area contributed by atoms with Crippen molar-refractivity contribution in [2.75, 3.05) is 18.0 Å². The molecule has 0 unspecified atom stereocenters. The Morgan fingerprint density at radius 2 is 2.15 bits per heavy atom. The zero-order valence-electron chi connectivity index (χ0n) is 14.3. The lowest BCUT2D eigenvalue weighted by atomic mass is 9.97. The van der Waals surface area contributed by atoms with Crippen molar-refractivity contribution in [2.45, 2.75) is 19.4 Å². The number of carbonyl (C=O) groups excluding carboxylic acids is 1. The summed E-state index contributed by atoms with van der Waals surface area (Å²) >= 11 is 0. The van der Waals surface area contributed by atoms with Gasteiger partial charge in [-0.1, -0.05) is 0 Å². The van der Waals surface area contributed by atoms with Crippen LogP contribution in [0.4, 0.5) is 5.82 Å². The zero-order chi connectivity index (χ0) is 17.8. The van der Waals surface area contributed by atoms with Gasteiger partial charge in [0, 0.05) is 25.5 Å². The van der Waals surface area contributed by atoms with Crippen LogP contribution in [0, 0.1) is 5.92 Å². The SMILES string of the molecule is O=C(NCc1ccco1)[C@@H]1CCCN(c2ccc(-n3ccnc3)nn2)C1. The van der Waals surface area contributed by atoms with Crippen molar-refractivity contribution in [2.24, 2.45) is 5.92 Å². The Morgan fingerprint density at radius 3 is 2.88 bits per heavy atom. The Kier molecular flexibility index (Phi) is 4.63. The van der Waals surface area contributed by atoms with Gasteiger partial charge in [-0.3, -0.25) is 9.36 Å². The predicted octanol–water partition coefficient (Wildman–Crippen LogP) is 1.79. The molecule has 1 atom stereocenters.